The van der Waals surface area contributed by atoms with Crippen molar-refractivity contribution in [3.05, 3.63) is 11.1 Å². The number of guanidine groups is 1. The minimum Gasteiger partial charge on any atom is -0.369 e. The second kappa shape index (κ2) is 8.89. The van der Waals surface area contributed by atoms with Gasteiger partial charge in [-0.05, 0) is 0 Å². The Balaban J connectivity index is 1.72. The molecule has 0 saturated carbocycles. The predicted molar refractivity (Wildman–Crippen MR) is 102 cm³/mol. The van der Waals surface area contributed by atoms with Crippen LogP contribution in [0, 0.1) is 0 Å². The van der Waals surface area contributed by atoms with Crippen LogP contribution < -0.4 is 21.3 Å². The van der Waals surface area contributed by atoms with E-state index < -0.39 is 0 Å². The van der Waals surface area contributed by atoms with Crippen LogP contribution >= 0.6 is 34.8 Å². The first-order valence-corrected chi connectivity index (χ1v) is 9.64. The zero-order valence-corrected chi connectivity index (χ0v) is 15.7. The van der Waals surface area contributed by atoms with Gasteiger partial charge >= 0.3 is 0 Å². The topological polar surface area (TPSA) is 104 Å². The normalized spacial score (nSPS) is 11.5. The smallest absolute Gasteiger partial charge is 0.197 e. The van der Waals surface area contributed by atoms with Gasteiger partial charge in [0.2, 0.25) is 0 Å². The highest BCUT2D eigenvalue weighted by atomic mass is 32.2. The average Bonchev–Trinajstić information content (AvgIpc) is 3.22. The van der Waals surface area contributed by atoms with Gasteiger partial charge in [-0.1, -0.05) is 0 Å². The van der Waals surface area contributed by atoms with E-state index in [1.165, 1.54) is 11.7 Å². The van der Waals surface area contributed by atoms with Crippen LogP contribution in [0.1, 0.15) is 5.69 Å². The largest absolute Gasteiger partial charge is 0.369 e. The Morgan fingerprint density at radius 1 is 1.43 bits per heavy atom. The number of hydrogen-bond acceptors (Lipinski definition) is 9. The maximum atomic E-state index is 5.78. The minimum atomic E-state index is 0.458. The molecule has 126 valence electrons. The lowest BCUT2D eigenvalue weighted by atomic mass is 10.6. The van der Waals surface area contributed by atoms with E-state index in [1.807, 2.05) is 25.9 Å². The van der Waals surface area contributed by atoms with Gasteiger partial charge in [-0.3, -0.25) is 9.89 Å². The summed E-state index contributed by atoms with van der Waals surface area (Å²) >= 11 is 4.58. The molecule has 8 nitrogen and oxygen atoms in total. The number of thioether (sulfide) groups is 1. The van der Waals surface area contributed by atoms with E-state index in [-0.39, 0.29) is 0 Å². The van der Waals surface area contributed by atoms with Crippen LogP contribution in [0.5, 0.6) is 0 Å². The Bertz CT molecular complexity index is 638. The Hall–Kier alpha value is -1.59. The summed E-state index contributed by atoms with van der Waals surface area (Å²) < 4.78 is 8.34. The molecule has 0 bridgehead atoms. The summed E-state index contributed by atoms with van der Waals surface area (Å²) in [7, 11) is 5.37. The number of anilines is 3. The lowest BCUT2D eigenvalue weighted by molar-refractivity contribution is 1.13. The molecule has 2 rings (SSSR count). The molecule has 2 aromatic heterocycles. The van der Waals surface area contributed by atoms with Gasteiger partial charge in [-0.15, -0.1) is 11.3 Å². The van der Waals surface area contributed by atoms with Crippen molar-refractivity contribution < 1.29 is 0 Å². The number of nitrogens with one attached hydrogen (secondary N) is 2. The third-order valence-electron chi connectivity index (χ3n) is 2.91. The molecule has 0 amide bonds. The van der Waals surface area contributed by atoms with Gasteiger partial charge in [0.25, 0.3) is 0 Å². The van der Waals surface area contributed by atoms with E-state index in [2.05, 4.69) is 34.7 Å². The Morgan fingerprint density at radius 3 is 2.96 bits per heavy atom. The number of aromatic nitrogens is 3. The lowest BCUT2D eigenvalue weighted by Gasteiger charge is -2.13. The average molecular weight is 373 g/mol. The van der Waals surface area contributed by atoms with Crippen molar-refractivity contribution >= 4 is 57.6 Å². The van der Waals surface area contributed by atoms with Crippen molar-refractivity contribution in [2.45, 2.75) is 5.75 Å². The fraction of sp³-hybridized carbons (Fsp3) is 0.500. The molecule has 0 aromatic carbocycles. The van der Waals surface area contributed by atoms with Gasteiger partial charge in [0.1, 0.15) is 0 Å². The van der Waals surface area contributed by atoms with E-state index in [4.69, 9.17) is 5.73 Å². The number of aliphatic imine (C=N–C) groups is 1. The molecule has 0 saturated heterocycles. The summed E-state index contributed by atoms with van der Waals surface area (Å²) in [5, 5.41) is 9.19. The molecule has 2 heterocycles. The maximum Gasteiger partial charge on any atom is 0.197 e. The molecule has 0 spiro atoms. The minimum absolute atomic E-state index is 0.458. The first kappa shape index (κ1) is 17.8. The van der Waals surface area contributed by atoms with E-state index >= 15 is 0 Å². The van der Waals surface area contributed by atoms with Gasteiger partial charge in [-0.2, -0.15) is 20.5 Å². The van der Waals surface area contributed by atoms with Crippen molar-refractivity contribution in [3.8, 4) is 0 Å². The van der Waals surface area contributed by atoms with Crippen molar-refractivity contribution in [2.24, 2.45) is 10.7 Å². The third kappa shape index (κ3) is 4.94. The highest BCUT2D eigenvalue weighted by molar-refractivity contribution is 7.98. The number of rotatable bonds is 8. The van der Waals surface area contributed by atoms with Crippen molar-refractivity contribution in [1.29, 1.82) is 0 Å². The fourth-order valence-electron chi connectivity index (χ4n) is 1.65. The molecule has 4 N–H and O–H groups in total. The van der Waals surface area contributed by atoms with Gasteiger partial charge in [0, 0.05) is 44.6 Å². The van der Waals surface area contributed by atoms with Gasteiger partial charge in [0.15, 0.2) is 22.7 Å². The first-order chi connectivity index (χ1) is 11.2. The summed E-state index contributed by atoms with van der Waals surface area (Å²) in [6.07, 6.45) is 0. The van der Waals surface area contributed by atoms with Crippen LogP contribution in [0.3, 0.4) is 0 Å². The van der Waals surface area contributed by atoms with Crippen LogP contribution in [-0.4, -0.2) is 53.1 Å². The van der Waals surface area contributed by atoms with Crippen LogP contribution in [0.2, 0.25) is 0 Å². The number of thiazole rings is 1. The summed E-state index contributed by atoms with van der Waals surface area (Å²) in [5.74, 6) is 3.89. The summed E-state index contributed by atoms with van der Waals surface area (Å²) in [6.45, 7) is 0.830. The second-order valence-corrected chi connectivity index (χ2v) is 6.92. The molecule has 0 unspecified atom stereocenters. The third-order valence-corrected chi connectivity index (χ3v) is 5.40. The van der Waals surface area contributed by atoms with Gasteiger partial charge < -0.3 is 16.4 Å². The first-order valence-electron chi connectivity index (χ1n) is 6.88. The molecule has 0 radical (unpaired) electrons. The zero-order chi connectivity index (χ0) is 16.7. The molecule has 0 aliphatic carbocycles. The Morgan fingerprint density at radius 2 is 2.22 bits per heavy atom. The summed E-state index contributed by atoms with van der Waals surface area (Å²) in [4.78, 5) is 10.3. The van der Waals surface area contributed by atoms with Crippen molar-refractivity contribution in [2.75, 3.05) is 49.0 Å². The summed E-state index contributed by atoms with van der Waals surface area (Å²) in [5.41, 5.74) is 6.83. The Kier molecular flexibility index (Phi) is 6.86. The quantitative estimate of drug-likeness (QED) is 0.366. The molecule has 0 aliphatic heterocycles. The maximum absolute atomic E-state index is 5.78. The number of hydrogen-bond donors (Lipinski definition) is 3. The van der Waals surface area contributed by atoms with Crippen molar-refractivity contribution in [3.63, 3.8) is 0 Å². The predicted octanol–water partition coefficient (Wildman–Crippen LogP) is 1.76. The molecular weight excluding hydrogens is 352 g/mol. The molecule has 0 atom stereocenters. The zero-order valence-electron chi connectivity index (χ0n) is 13.2. The lowest BCUT2D eigenvalue weighted by Crippen LogP contribution is -2.33. The molecule has 23 heavy (non-hydrogen) atoms. The molecule has 11 heteroatoms. The highest BCUT2D eigenvalue weighted by Gasteiger charge is 2.10. The van der Waals surface area contributed by atoms with Crippen LogP contribution in [0.4, 0.5) is 16.8 Å². The van der Waals surface area contributed by atoms with Crippen molar-refractivity contribution in [1.82, 2.24) is 13.7 Å². The van der Waals surface area contributed by atoms with Crippen LogP contribution in [0.15, 0.2) is 10.4 Å². The van der Waals surface area contributed by atoms with Crippen LogP contribution in [0.25, 0.3) is 0 Å². The SMILES string of the molecule is CN=C(N)N(C)c1nc(CSCCNc2nsnc2NC)cs1. The van der Waals surface area contributed by atoms with E-state index in [0.717, 1.165) is 40.5 Å². The van der Waals surface area contributed by atoms with Gasteiger partial charge in [0.05, 0.1) is 17.4 Å². The van der Waals surface area contributed by atoms with Crippen LogP contribution in [-0.2, 0) is 5.75 Å². The summed E-state index contributed by atoms with van der Waals surface area (Å²) in [6, 6.07) is 0. The molecule has 2 aromatic rings. The molecular formula is C12H20N8S3. The highest BCUT2D eigenvalue weighted by Crippen LogP contribution is 2.22. The van der Waals surface area contributed by atoms with Gasteiger partial charge in [-0.25, -0.2) is 4.98 Å². The van der Waals surface area contributed by atoms with E-state index in [0.29, 0.717) is 5.96 Å². The molecule has 0 fully saturated rings. The standard InChI is InChI=1S/C12H20N8S3/c1-14-9-10(19-23-18-9)16-4-5-21-6-8-7-22-12(17-8)20(3)11(13)15-2/h7H,4-6H2,1-3H3,(H2,13,15)(H,14,18)(H,16,19). The molecule has 0 aliphatic rings. The monoisotopic (exact) mass is 372 g/mol. The second-order valence-electron chi connectivity index (χ2n) is 4.45. The van der Waals surface area contributed by atoms with E-state index in [9.17, 15) is 0 Å². The Labute approximate surface area is 147 Å². The number of nitrogens with zero attached hydrogens (tertiary/aromatic N) is 5. The number of nitrogens with two attached hydrogens (primary N) is 1. The fourth-order valence-corrected chi connectivity index (χ4v) is 3.84. The van der Waals surface area contributed by atoms with E-state index in [1.54, 1.807) is 23.3 Å².